The summed E-state index contributed by atoms with van der Waals surface area (Å²) in [5.74, 6) is -3.39. The summed E-state index contributed by atoms with van der Waals surface area (Å²) in [5, 5.41) is 14.8. The Balaban J connectivity index is 0.000000707. The number of aryl methyl sites for hydroxylation is 1. The van der Waals surface area contributed by atoms with E-state index >= 15 is 0 Å². The van der Waals surface area contributed by atoms with Gasteiger partial charge in [0.05, 0.1) is 5.56 Å². The number of urea groups is 2. The number of hydrogen-bond acceptors (Lipinski definition) is 6. The molecule has 5 amide bonds. The topological polar surface area (TPSA) is 134 Å². The van der Waals surface area contributed by atoms with Gasteiger partial charge in [0.15, 0.2) is 0 Å². The fourth-order valence-corrected chi connectivity index (χ4v) is 4.51. The predicted molar refractivity (Wildman–Crippen MR) is 151 cm³/mol. The molecule has 2 saturated heterocycles. The lowest BCUT2D eigenvalue weighted by atomic mass is 10.0. The Kier molecular flexibility index (Phi) is 11.4. The summed E-state index contributed by atoms with van der Waals surface area (Å²) in [4.78, 5) is 51.2. The standard InChI is InChI=1S/C26H31F3N6O3.C2HF3O2/c1-3-33-10-12-34(13-11-33)16-19-6-7-20(15-21(19)26(27,28)29)31-23(36)18-5-4-17(2)22(14-18)32-25(38)35-9-8-30-24(35)37;3-2(4,5)1(6)7/h4-7,14-15H,3,8-13,16H2,1-2H3,(H,30,37)(H,31,36)(H,32,38);(H,6,7). The number of aliphatic carboxylic acids is 1. The van der Waals surface area contributed by atoms with E-state index in [2.05, 4.69) is 27.8 Å². The van der Waals surface area contributed by atoms with Gasteiger partial charge in [0.25, 0.3) is 5.91 Å². The Morgan fingerprint density at radius 1 is 0.911 bits per heavy atom. The molecule has 0 bridgehead atoms. The second kappa shape index (κ2) is 14.6. The van der Waals surface area contributed by atoms with Gasteiger partial charge in [-0.05, 0) is 48.9 Å². The van der Waals surface area contributed by atoms with Crippen LogP contribution in [0.1, 0.15) is 34.0 Å². The lowest BCUT2D eigenvalue weighted by Gasteiger charge is -2.34. The first-order valence-electron chi connectivity index (χ1n) is 13.7. The molecule has 2 heterocycles. The quantitative estimate of drug-likeness (QED) is 0.338. The van der Waals surface area contributed by atoms with Crippen LogP contribution in [0.25, 0.3) is 0 Å². The van der Waals surface area contributed by atoms with Crippen molar-refractivity contribution >= 4 is 35.3 Å². The Morgan fingerprint density at radius 3 is 2.07 bits per heavy atom. The van der Waals surface area contributed by atoms with E-state index in [9.17, 15) is 40.7 Å². The zero-order valence-corrected chi connectivity index (χ0v) is 24.3. The van der Waals surface area contributed by atoms with Crippen molar-refractivity contribution in [2.24, 2.45) is 0 Å². The van der Waals surface area contributed by atoms with Gasteiger partial charge in [-0.3, -0.25) is 9.69 Å². The van der Waals surface area contributed by atoms with E-state index in [0.717, 1.165) is 30.6 Å². The number of nitrogens with zero attached hydrogens (tertiary/aromatic N) is 3. The van der Waals surface area contributed by atoms with Crippen LogP contribution in [-0.4, -0.2) is 95.7 Å². The van der Waals surface area contributed by atoms with Crippen LogP contribution in [0.4, 0.5) is 47.3 Å². The minimum Gasteiger partial charge on any atom is -0.475 e. The number of nitrogens with one attached hydrogen (secondary N) is 3. The van der Waals surface area contributed by atoms with Gasteiger partial charge in [-0.25, -0.2) is 19.3 Å². The van der Waals surface area contributed by atoms with Gasteiger partial charge in [0, 0.05) is 62.8 Å². The third kappa shape index (κ3) is 9.81. The average Bonchev–Trinajstić information content (AvgIpc) is 3.40. The van der Waals surface area contributed by atoms with Gasteiger partial charge >= 0.3 is 30.4 Å². The number of imide groups is 1. The molecule has 246 valence electrons. The fourth-order valence-electron chi connectivity index (χ4n) is 4.51. The number of piperazine rings is 1. The van der Waals surface area contributed by atoms with Crippen LogP contribution in [0.5, 0.6) is 0 Å². The number of likely N-dealkylation sites (N-methyl/N-ethyl adjacent to an activating group) is 1. The Labute approximate surface area is 254 Å². The molecule has 2 aliphatic rings. The van der Waals surface area contributed by atoms with E-state index in [4.69, 9.17) is 9.90 Å². The summed E-state index contributed by atoms with van der Waals surface area (Å²) >= 11 is 0. The largest absolute Gasteiger partial charge is 0.490 e. The van der Waals surface area contributed by atoms with Crippen molar-refractivity contribution in [1.82, 2.24) is 20.0 Å². The molecule has 0 unspecified atom stereocenters. The number of amides is 5. The monoisotopic (exact) mass is 646 g/mol. The predicted octanol–water partition coefficient (Wildman–Crippen LogP) is 4.59. The lowest BCUT2D eigenvalue weighted by molar-refractivity contribution is -0.192. The summed E-state index contributed by atoms with van der Waals surface area (Å²) in [7, 11) is 0. The van der Waals surface area contributed by atoms with E-state index in [-0.39, 0.29) is 29.9 Å². The molecule has 11 nitrogen and oxygen atoms in total. The highest BCUT2D eigenvalue weighted by Gasteiger charge is 2.38. The zero-order chi connectivity index (χ0) is 33.5. The molecule has 0 aromatic heterocycles. The molecule has 2 fully saturated rings. The van der Waals surface area contributed by atoms with Gasteiger partial charge in [-0.15, -0.1) is 0 Å². The molecule has 0 aliphatic carbocycles. The summed E-state index contributed by atoms with van der Waals surface area (Å²) in [6, 6.07) is 7.22. The maximum atomic E-state index is 13.9. The first-order chi connectivity index (χ1) is 21.0. The van der Waals surface area contributed by atoms with Crippen molar-refractivity contribution in [3.05, 3.63) is 58.7 Å². The van der Waals surface area contributed by atoms with Crippen molar-refractivity contribution in [1.29, 1.82) is 0 Å². The number of benzene rings is 2. The van der Waals surface area contributed by atoms with Crippen LogP contribution >= 0.6 is 0 Å². The van der Waals surface area contributed by atoms with Crippen molar-refractivity contribution in [3.63, 3.8) is 0 Å². The van der Waals surface area contributed by atoms with Crippen molar-refractivity contribution < 1.29 is 50.6 Å². The zero-order valence-electron chi connectivity index (χ0n) is 24.3. The number of carboxylic acids is 1. The molecular weight excluding hydrogens is 614 g/mol. The number of halogens is 6. The third-order valence-electron chi connectivity index (χ3n) is 7.07. The fraction of sp³-hybridized carbons (Fsp3) is 0.429. The van der Waals surface area contributed by atoms with Crippen LogP contribution in [-0.2, 0) is 17.5 Å². The molecule has 2 aromatic carbocycles. The van der Waals surface area contributed by atoms with Crippen molar-refractivity contribution in [2.75, 3.05) is 56.4 Å². The number of rotatable bonds is 6. The minimum absolute atomic E-state index is 0.0155. The number of carboxylic acid groups (broad SMARTS) is 1. The van der Waals surface area contributed by atoms with E-state index in [1.165, 1.54) is 24.3 Å². The number of hydrogen-bond donors (Lipinski definition) is 4. The van der Waals surface area contributed by atoms with Crippen LogP contribution in [0, 0.1) is 6.92 Å². The normalized spacial score (nSPS) is 16.0. The van der Waals surface area contributed by atoms with Gasteiger partial charge in [0.1, 0.15) is 0 Å². The lowest BCUT2D eigenvalue weighted by Crippen LogP contribution is -2.45. The molecule has 2 aliphatic heterocycles. The Hall–Kier alpha value is -4.38. The third-order valence-corrected chi connectivity index (χ3v) is 7.07. The molecule has 4 N–H and O–H groups in total. The van der Waals surface area contributed by atoms with Crippen molar-refractivity contribution in [2.45, 2.75) is 32.7 Å². The highest BCUT2D eigenvalue weighted by atomic mass is 19.4. The molecule has 17 heteroatoms. The molecule has 45 heavy (non-hydrogen) atoms. The van der Waals surface area contributed by atoms with E-state index in [1.54, 1.807) is 13.0 Å². The minimum atomic E-state index is -5.08. The summed E-state index contributed by atoms with van der Waals surface area (Å²) < 4.78 is 73.5. The van der Waals surface area contributed by atoms with E-state index < -0.39 is 41.9 Å². The van der Waals surface area contributed by atoms with Gasteiger partial charge in [-0.1, -0.05) is 19.1 Å². The second-order valence-electron chi connectivity index (χ2n) is 10.2. The number of carbonyl (C=O) groups excluding carboxylic acids is 3. The van der Waals surface area contributed by atoms with Crippen LogP contribution in [0.15, 0.2) is 36.4 Å². The highest BCUT2D eigenvalue weighted by Crippen LogP contribution is 2.35. The van der Waals surface area contributed by atoms with Crippen molar-refractivity contribution in [3.8, 4) is 0 Å². The maximum Gasteiger partial charge on any atom is 0.490 e. The van der Waals surface area contributed by atoms with E-state index in [0.29, 0.717) is 30.9 Å². The Morgan fingerprint density at radius 2 is 1.53 bits per heavy atom. The molecule has 0 saturated carbocycles. The number of anilines is 2. The summed E-state index contributed by atoms with van der Waals surface area (Å²) in [6.07, 6.45) is -9.66. The SMILES string of the molecule is CCN1CCN(Cc2ccc(NC(=O)c3ccc(C)c(NC(=O)N4CCNC4=O)c3)cc2C(F)(F)F)CC1.O=C(O)C(F)(F)F. The van der Waals surface area contributed by atoms with Gasteiger partial charge in [-0.2, -0.15) is 26.3 Å². The number of alkyl halides is 6. The molecule has 0 radical (unpaired) electrons. The van der Waals surface area contributed by atoms with Crippen LogP contribution in [0.2, 0.25) is 0 Å². The average molecular weight is 647 g/mol. The van der Waals surface area contributed by atoms with Gasteiger partial charge < -0.3 is 26.0 Å². The molecule has 0 spiro atoms. The van der Waals surface area contributed by atoms with Gasteiger partial charge in [0.2, 0.25) is 0 Å². The summed E-state index contributed by atoms with van der Waals surface area (Å²) in [6.45, 7) is 8.46. The number of carbonyl (C=O) groups is 4. The smallest absolute Gasteiger partial charge is 0.475 e. The van der Waals surface area contributed by atoms with Crippen LogP contribution in [0.3, 0.4) is 0 Å². The highest BCUT2D eigenvalue weighted by molar-refractivity contribution is 6.06. The summed E-state index contributed by atoms with van der Waals surface area (Å²) in [5.41, 5.74) is 0.500. The molecule has 4 rings (SSSR count). The Bertz CT molecular complexity index is 1410. The maximum absolute atomic E-state index is 13.9. The van der Waals surface area contributed by atoms with Crippen LogP contribution < -0.4 is 16.0 Å². The first-order valence-corrected chi connectivity index (χ1v) is 13.7. The second-order valence-corrected chi connectivity index (χ2v) is 10.2. The first kappa shape index (κ1) is 35.1. The molecule has 2 aromatic rings. The van der Waals surface area contributed by atoms with E-state index in [1.807, 2.05) is 4.90 Å². The molecule has 0 atom stereocenters. The molecular formula is C28H32F6N6O5.